The van der Waals surface area contributed by atoms with Crippen molar-refractivity contribution in [2.75, 3.05) is 0 Å². The van der Waals surface area contributed by atoms with E-state index in [1.165, 1.54) is 7.05 Å². The van der Waals surface area contributed by atoms with Gasteiger partial charge in [-0.2, -0.15) is 13.2 Å². The van der Waals surface area contributed by atoms with Crippen LogP contribution in [0, 0.1) is 5.82 Å². The van der Waals surface area contributed by atoms with E-state index in [0.717, 1.165) is 29.0 Å². The average Bonchev–Trinajstić information content (AvgIpc) is 2.71. The molecule has 0 fully saturated rings. The molecule has 4 nitrogen and oxygen atoms in total. The Hall–Kier alpha value is -2.38. The standard InChI is InChI=1S/C12H8F4N2O2/c1-18-5-9(12(14,15)16)17-10(18)7-3-2-6(11(19)20)4-8(7)13/h2-5H,1H3,(H,19,20). The number of aryl methyl sites for hydroxylation is 1. The van der Waals surface area contributed by atoms with Crippen LogP contribution in [-0.2, 0) is 13.2 Å². The fourth-order valence-corrected chi connectivity index (χ4v) is 1.68. The molecule has 0 radical (unpaired) electrons. The van der Waals surface area contributed by atoms with Crippen LogP contribution in [0.15, 0.2) is 24.4 Å². The Morgan fingerprint density at radius 3 is 2.45 bits per heavy atom. The smallest absolute Gasteiger partial charge is 0.434 e. The summed E-state index contributed by atoms with van der Waals surface area (Å²) in [4.78, 5) is 14.0. The molecule has 0 spiro atoms. The lowest BCUT2D eigenvalue weighted by Crippen LogP contribution is -2.05. The number of imidazole rings is 1. The van der Waals surface area contributed by atoms with Crippen LogP contribution in [0.2, 0.25) is 0 Å². The first kappa shape index (κ1) is 14.0. The summed E-state index contributed by atoms with van der Waals surface area (Å²) in [6, 6.07) is 2.92. The zero-order valence-electron chi connectivity index (χ0n) is 10.1. The molecular weight excluding hydrogens is 280 g/mol. The van der Waals surface area contributed by atoms with Crippen LogP contribution in [-0.4, -0.2) is 20.6 Å². The highest BCUT2D eigenvalue weighted by Crippen LogP contribution is 2.31. The van der Waals surface area contributed by atoms with Gasteiger partial charge in [0.2, 0.25) is 0 Å². The first-order valence-corrected chi connectivity index (χ1v) is 5.34. The van der Waals surface area contributed by atoms with E-state index in [0.29, 0.717) is 0 Å². The Morgan fingerprint density at radius 2 is 2.00 bits per heavy atom. The van der Waals surface area contributed by atoms with E-state index < -0.39 is 23.7 Å². The number of benzene rings is 1. The van der Waals surface area contributed by atoms with E-state index in [-0.39, 0.29) is 17.0 Å². The van der Waals surface area contributed by atoms with Crippen molar-refractivity contribution >= 4 is 5.97 Å². The highest BCUT2D eigenvalue weighted by molar-refractivity contribution is 5.88. The molecule has 8 heteroatoms. The zero-order valence-corrected chi connectivity index (χ0v) is 10.1. The van der Waals surface area contributed by atoms with Gasteiger partial charge in [-0.1, -0.05) is 0 Å². The van der Waals surface area contributed by atoms with Crippen molar-refractivity contribution in [1.82, 2.24) is 9.55 Å². The van der Waals surface area contributed by atoms with Gasteiger partial charge in [-0.15, -0.1) is 0 Å². The molecule has 2 rings (SSSR count). The fourth-order valence-electron chi connectivity index (χ4n) is 1.68. The van der Waals surface area contributed by atoms with Crippen molar-refractivity contribution in [2.24, 2.45) is 7.05 Å². The maximum atomic E-state index is 13.8. The zero-order chi connectivity index (χ0) is 15.1. The molecule has 1 heterocycles. The van der Waals surface area contributed by atoms with Crippen LogP contribution in [0.25, 0.3) is 11.4 Å². The summed E-state index contributed by atoms with van der Waals surface area (Å²) in [5.41, 5.74) is -1.64. The van der Waals surface area contributed by atoms with Crippen LogP contribution in [0.4, 0.5) is 17.6 Å². The minimum Gasteiger partial charge on any atom is -0.478 e. The third-order valence-corrected chi connectivity index (χ3v) is 2.62. The third kappa shape index (κ3) is 2.49. The summed E-state index contributed by atoms with van der Waals surface area (Å²) in [6.07, 6.45) is -3.90. The Morgan fingerprint density at radius 1 is 1.35 bits per heavy atom. The molecule has 0 aliphatic carbocycles. The molecule has 0 bridgehead atoms. The van der Waals surface area contributed by atoms with Crippen molar-refractivity contribution in [1.29, 1.82) is 0 Å². The Labute approximate surface area is 110 Å². The summed E-state index contributed by atoms with van der Waals surface area (Å²) in [6.45, 7) is 0. The lowest BCUT2D eigenvalue weighted by Gasteiger charge is -2.04. The van der Waals surface area contributed by atoms with Crippen LogP contribution in [0.5, 0.6) is 0 Å². The number of carboxylic acid groups (broad SMARTS) is 1. The molecule has 20 heavy (non-hydrogen) atoms. The van der Waals surface area contributed by atoms with E-state index in [1.807, 2.05) is 0 Å². The van der Waals surface area contributed by atoms with Gasteiger partial charge in [0.1, 0.15) is 11.6 Å². The molecule has 0 saturated carbocycles. The summed E-state index contributed by atoms with van der Waals surface area (Å²) in [5, 5.41) is 8.70. The van der Waals surface area contributed by atoms with Gasteiger partial charge in [-0.3, -0.25) is 0 Å². The van der Waals surface area contributed by atoms with Crippen molar-refractivity contribution in [3.63, 3.8) is 0 Å². The predicted molar refractivity (Wildman–Crippen MR) is 60.6 cm³/mol. The van der Waals surface area contributed by atoms with Crippen LogP contribution in [0.3, 0.4) is 0 Å². The predicted octanol–water partition coefficient (Wildman–Crippen LogP) is 2.94. The van der Waals surface area contributed by atoms with Gasteiger partial charge < -0.3 is 9.67 Å². The van der Waals surface area contributed by atoms with Gasteiger partial charge in [0.05, 0.1) is 11.1 Å². The van der Waals surface area contributed by atoms with E-state index in [4.69, 9.17) is 5.11 Å². The maximum Gasteiger partial charge on any atom is 0.434 e. The van der Waals surface area contributed by atoms with Gasteiger partial charge in [0, 0.05) is 13.2 Å². The molecule has 1 aromatic carbocycles. The van der Waals surface area contributed by atoms with Gasteiger partial charge in [0.25, 0.3) is 0 Å². The van der Waals surface area contributed by atoms with E-state index in [2.05, 4.69) is 4.98 Å². The third-order valence-electron chi connectivity index (χ3n) is 2.62. The van der Waals surface area contributed by atoms with Crippen LogP contribution in [0.1, 0.15) is 16.1 Å². The number of rotatable bonds is 2. The molecule has 0 saturated heterocycles. The lowest BCUT2D eigenvalue weighted by molar-refractivity contribution is -0.140. The van der Waals surface area contributed by atoms with Crippen LogP contribution >= 0.6 is 0 Å². The lowest BCUT2D eigenvalue weighted by atomic mass is 10.1. The maximum absolute atomic E-state index is 13.8. The molecule has 0 atom stereocenters. The Kier molecular flexibility index (Phi) is 3.24. The number of carboxylic acids is 1. The van der Waals surface area contributed by atoms with Crippen molar-refractivity contribution in [3.8, 4) is 11.4 Å². The second kappa shape index (κ2) is 4.62. The van der Waals surface area contributed by atoms with Gasteiger partial charge >= 0.3 is 12.1 Å². The molecule has 0 aliphatic heterocycles. The number of aromatic carboxylic acids is 1. The number of hydrogen-bond donors (Lipinski definition) is 1. The van der Waals surface area contributed by atoms with Gasteiger partial charge in [-0.25, -0.2) is 14.2 Å². The summed E-state index contributed by atoms with van der Waals surface area (Å²) >= 11 is 0. The molecule has 106 valence electrons. The number of nitrogens with zero attached hydrogens (tertiary/aromatic N) is 2. The molecule has 0 unspecified atom stereocenters. The van der Waals surface area contributed by atoms with Crippen LogP contribution < -0.4 is 0 Å². The highest BCUT2D eigenvalue weighted by Gasteiger charge is 2.34. The van der Waals surface area contributed by atoms with E-state index >= 15 is 0 Å². The topological polar surface area (TPSA) is 55.1 Å². The Bertz CT molecular complexity index is 677. The number of hydrogen-bond acceptors (Lipinski definition) is 2. The molecular formula is C12H8F4N2O2. The number of alkyl halides is 3. The molecule has 0 aliphatic rings. The van der Waals surface area contributed by atoms with Crippen molar-refractivity contribution in [2.45, 2.75) is 6.18 Å². The summed E-state index contributed by atoms with van der Waals surface area (Å²) in [5.74, 6) is -2.51. The SMILES string of the molecule is Cn1cc(C(F)(F)F)nc1-c1ccc(C(=O)O)cc1F. The number of halogens is 4. The minimum atomic E-state index is -4.63. The quantitative estimate of drug-likeness (QED) is 0.864. The van der Waals surface area contributed by atoms with E-state index in [9.17, 15) is 22.4 Å². The second-order valence-corrected chi connectivity index (χ2v) is 4.06. The van der Waals surface area contributed by atoms with Crippen molar-refractivity contribution in [3.05, 3.63) is 41.5 Å². The molecule has 1 N–H and O–H groups in total. The highest BCUT2D eigenvalue weighted by atomic mass is 19.4. The Balaban J connectivity index is 2.52. The fraction of sp³-hybridized carbons (Fsp3) is 0.167. The summed E-state index contributed by atoms with van der Waals surface area (Å²) < 4.78 is 52.4. The molecule has 2 aromatic rings. The normalized spacial score (nSPS) is 11.7. The van der Waals surface area contributed by atoms with E-state index in [1.54, 1.807) is 0 Å². The van der Waals surface area contributed by atoms with Crippen molar-refractivity contribution < 1.29 is 27.5 Å². The average molecular weight is 288 g/mol. The minimum absolute atomic E-state index is 0.201. The largest absolute Gasteiger partial charge is 0.478 e. The second-order valence-electron chi connectivity index (χ2n) is 4.06. The van der Waals surface area contributed by atoms with Gasteiger partial charge in [0.15, 0.2) is 5.69 Å². The number of aromatic nitrogens is 2. The monoisotopic (exact) mass is 288 g/mol. The first-order valence-electron chi connectivity index (χ1n) is 5.34. The molecule has 0 amide bonds. The number of carbonyl (C=O) groups is 1. The summed E-state index contributed by atoms with van der Waals surface area (Å²) in [7, 11) is 1.29. The van der Waals surface area contributed by atoms with Gasteiger partial charge in [-0.05, 0) is 18.2 Å². The first-order chi connectivity index (χ1) is 9.20. The molecule has 1 aromatic heterocycles.